The van der Waals surface area contributed by atoms with Crippen molar-refractivity contribution in [2.45, 2.75) is 92.0 Å². The van der Waals surface area contributed by atoms with Crippen molar-refractivity contribution in [1.29, 1.82) is 0 Å². The summed E-state index contributed by atoms with van der Waals surface area (Å²) >= 11 is 0. The number of carbonyl (C=O) groups excluding carboxylic acids is 2. The standard InChI is InChI=1S/C33H40N6O5/c1-6-7-13-27-26(20-22-15-17-23(18-16-22)24-11-8-9-12-25(24)29-34-36-37-35-29)30(40)38-19-10-14-28(39(27)38)31(41)43-21(2)44-32(42)33(3,4)5/h8-9,11-12,15-18,21,28H,6-7,10,13-14,19-20H2,1-5H3,(H,34,35,36,37). The molecule has 11 heteroatoms. The summed E-state index contributed by atoms with van der Waals surface area (Å²) in [5.74, 6) is -0.432. The normalized spacial score (nSPS) is 15.4. The highest BCUT2D eigenvalue weighted by atomic mass is 16.7. The van der Waals surface area contributed by atoms with E-state index in [1.165, 1.54) is 0 Å². The molecule has 4 aromatic rings. The van der Waals surface area contributed by atoms with Gasteiger partial charge >= 0.3 is 11.9 Å². The van der Waals surface area contributed by atoms with Gasteiger partial charge in [-0.3, -0.25) is 14.3 Å². The molecule has 11 nitrogen and oxygen atoms in total. The topological polar surface area (TPSA) is 134 Å². The minimum absolute atomic E-state index is 0.0765. The van der Waals surface area contributed by atoms with Crippen LogP contribution < -0.4 is 5.56 Å². The molecule has 0 fully saturated rings. The highest BCUT2D eigenvalue weighted by Gasteiger charge is 2.35. The Morgan fingerprint density at radius 3 is 2.45 bits per heavy atom. The van der Waals surface area contributed by atoms with Gasteiger partial charge in [0.2, 0.25) is 12.1 Å². The second-order valence-electron chi connectivity index (χ2n) is 12.3. The molecular formula is C33H40N6O5. The van der Waals surface area contributed by atoms with Crippen LogP contribution in [0, 0.1) is 5.41 Å². The maximum Gasteiger partial charge on any atom is 0.333 e. The molecular weight excluding hydrogens is 560 g/mol. The average Bonchev–Trinajstić information content (AvgIpc) is 3.63. The Labute approximate surface area is 256 Å². The summed E-state index contributed by atoms with van der Waals surface area (Å²) in [4.78, 5) is 39.6. The van der Waals surface area contributed by atoms with Crippen LogP contribution in [-0.2, 0) is 38.4 Å². The van der Waals surface area contributed by atoms with Gasteiger partial charge in [0.05, 0.1) is 5.41 Å². The Kier molecular flexibility index (Phi) is 9.12. The van der Waals surface area contributed by atoms with Gasteiger partial charge in [0.25, 0.3) is 5.56 Å². The number of nitrogens with one attached hydrogen (secondary N) is 1. The molecule has 2 atom stereocenters. The van der Waals surface area contributed by atoms with Crippen LogP contribution in [0.3, 0.4) is 0 Å². The Balaban J connectivity index is 1.42. The maximum atomic E-state index is 13.8. The van der Waals surface area contributed by atoms with Gasteiger partial charge in [-0.05, 0) is 68.4 Å². The second-order valence-corrected chi connectivity index (χ2v) is 12.3. The van der Waals surface area contributed by atoms with Crippen molar-refractivity contribution in [1.82, 2.24) is 30.0 Å². The van der Waals surface area contributed by atoms with Crippen LogP contribution in [0.1, 0.15) is 83.2 Å². The SMILES string of the molecule is CCCCc1c(Cc2ccc(-c3ccccc3-c3nn[nH]n3)cc2)c(=O)n2n1C(C(=O)OC(C)OC(=O)C(C)(C)C)CCC2. The summed E-state index contributed by atoms with van der Waals surface area (Å²) in [5, 5.41) is 14.5. The molecule has 1 N–H and O–H groups in total. The van der Waals surface area contributed by atoms with Gasteiger partial charge in [-0.1, -0.05) is 61.9 Å². The lowest BCUT2D eigenvalue weighted by molar-refractivity contribution is -0.193. The number of hydrogen-bond donors (Lipinski definition) is 1. The Bertz CT molecular complexity index is 1660. The van der Waals surface area contributed by atoms with Crippen LogP contribution in [0.15, 0.2) is 53.3 Å². The third-order valence-electron chi connectivity index (χ3n) is 7.89. The number of esters is 2. The lowest BCUT2D eigenvalue weighted by Crippen LogP contribution is -2.38. The number of tetrazole rings is 1. The number of rotatable bonds is 10. The van der Waals surface area contributed by atoms with E-state index in [1.807, 2.05) is 53.2 Å². The first-order valence-corrected chi connectivity index (χ1v) is 15.2. The number of H-pyrrole nitrogens is 1. The highest BCUT2D eigenvalue weighted by Crippen LogP contribution is 2.31. The zero-order valence-electron chi connectivity index (χ0n) is 26.0. The van der Waals surface area contributed by atoms with E-state index in [4.69, 9.17) is 9.47 Å². The smallest absolute Gasteiger partial charge is 0.333 e. The van der Waals surface area contributed by atoms with E-state index in [1.54, 1.807) is 32.4 Å². The highest BCUT2D eigenvalue weighted by molar-refractivity contribution is 5.80. The zero-order valence-corrected chi connectivity index (χ0v) is 26.0. The summed E-state index contributed by atoms with van der Waals surface area (Å²) in [6.07, 6.45) is 3.11. The predicted molar refractivity (Wildman–Crippen MR) is 165 cm³/mol. The summed E-state index contributed by atoms with van der Waals surface area (Å²) < 4.78 is 14.5. The first-order valence-electron chi connectivity index (χ1n) is 15.2. The molecule has 0 aliphatic carbocycles. The van der Waals surface area contributed by atoms with Crippen LogP contribution in [-0.4, -0.2) is 48.2 Å². The van der Waals surface area contributed by atoms with Gasteiger partial charge in [-0.15, -0.1) is 10.2 Å². The molecule has 2 aromatic heterocycles. The number of aromatic amines is 1. The van der Waals surface area contributed by atoms with E-state index in [-0.39, 0.29) is 5.56 Å². The van der Waals surface area contributed by atoms with Crippen LogP contribution in [0.2, 0.25) is 0 Å². The third-order valence-corrected chi connectivity index (χ3v) is 7.89. The molecule has 44 heavy (non-hydrogen) atoms. The Morgan fingerprint density at radius 1 is 1.07 bits per heavy atom. The van der Waals surface area contributed by atoms with Crippen molar-refractivity contribution in [2.24, 2.45) is 5.41 Å². The van der Waals surface area contributed by atoms with Crippen molar-refractivity contribution in [3.63, 3.8) is 0 Å². The van der Waals surface area contributed by atoms with Gasteiger partial charge < -0.3 is 9.47 Å². The molecule has 5 rings (SSSR count). The summed E-state index contributed by atoms with van der Waals surface area (Å²) in [7, 11) is 0. The first kappa shape index (κ1) is 30.9. The molecule has 1 aliphatic rings. The molecule has 2 unspecified atom stereocenters. The first-order chi connectivity index (χ1) is 21.1. The van der Waals surface area contributed by atoms with Crippen molar-refractivity contribution < 1.29 is 19.1 Å². The third kappa shape index (κ3) is 6.51. The van der Waals surface area contributed by atoms with Gasteiger partial charge in [-0.2, -0.15) is 5.21 Å². The fourth-order valence-electron chi connectivity index (χ4n) is 5.59. The number of hydrogen-bond acceptors (Lipinski definition) is 8. The molecule has 2 aromatic carbocycles. The number of ether oxygens (including phenoxy) is 2. The van der Waals surface area contributed by atoms with Crippen molar-refractivity contribution in [3.8, 4) is 22.5 Å². The molecule has 232 valence electrons. The Morgan fingerprint density at radius 2 is 1.80 bits per heavy atom. The monoisotopic (exact) mass is 600 g/mol. The van der Waals surface area contributed by atoms with Crippen LogP contribution in [0.5, 0.6) is 0 Å². The van der Waals surface area contributed by atoms with Crippen LogP contribution >= 0.6 is 0 Å². The molecule has 0 spiro atoms. The number of carbonyl (C=O) groups is 2. The van der Waals surface area contributed by atoms with Gasteiger partial charge in [0, 0.05) is 36.7 Å². The van der Waals surface area contributed by atoms with E-state index in [0.717, 1.165) is 40.8 Å². The van der Waals surface area contributed by atoms with E-state index < -0.39 is 29.7 Å². The summed E-state index contributed by atoms with van der Waals surface area (Å²) in [5.41, 5.74) is 4.61. The van der Waals surface area contributed by atoms with E-state index in [0.29, 0.717) is 43.6 Å². The zero-order chi connectivity index (χ0) is 31.4. The quantitative estimate of drug-likeness (QED) is 0.193. The van der Waals surface area contributed by atoms with Crippen LogP contribution in [0.4, 0.5) is 0 Å². The summed E-state index contributed by atoms with van der Waals surface area (Å²) in [6.45, 7) is 9.41. The fraction of sp³-hybridized carbons (Fsp3) is 0.455. The number of aromatic nitrogens is 6. The lowest BCUT2D eigenvalue weighted by Gasteiger charge is -2.29. The van der Waals surface area contributed by atoms with E-state index in [9.17, 15) is 14.4 Å². The van der Waals surface area contributed by atoms with Crippen molar-refractivity contribution in [2.75, 3.05) is 0 Å². The number of fused-ring (bicyclic) bond motifs is 1. The molecule has 0 saturated carbocycles. The largest absolute Gasteiger partial charge is 0.425 e. The average molecular weight is 601 g/mol. The second kappa shape index (κ2) is 13.0. The number of nitrogens with zero attached hydrogens (tertiary/aromatic N) is 5. The molecule has 0 saturated heterocycles. The molecule has 3 heterocycles. The molecule has 1 aliphatic heterocycles. The minimum Gasteiger partial charge on any atom is -0.425 e. The minimum atomic E-state index is -1.03. The maximum absolute atomic E-state index is 13.8. The number of unbranched alkanes of at least 4 members (excludes halogenated alkanes) is 1. The summed E-state index contributed by atoms with van der Waals surface area (Å²) in [6, 6.07) is 15.3. The van der Waals surface area contributed by atoms with Gasteiger partial charge in [-0.25, -0.2) is 9.48 Å². The molecule has 0 amide bonds. The van der Waals surface area contributed by atoms with Crippen molar-refractivity contribution >= 4 is 11.9 Å². The Hall–Kier alpha value is -4.54. The molecule has 0 radical (unpaired) electrons. The predicted octanol–water partition coefficient (Wildman–Crippen LogP) is 5.24. The fourth-order valence-corrected chi connectivity index (χ4v) is 5.59. The van der Waals surface area contributed by atoms with E-state index >= 15 is 0 Å². The van der Waals surface area contributed by atoms with E-state index in [2.05, 4.69) is 27.5 Å². The van der Waals surface area contributed by atoms with Gasteiger partial charge in [0.15, 0.2) is 0 Å². The van der Waals surface area contributed by atoms with Crippen LogP contribution in [0.25, 0.3) is 22.5 Å². The molecule has 0 bridgehead atoms. The lowest BCUT2D eigenvalue weighted by atomic mass is 9.96. The van der Waals surface area contributed by atoms with Gasteiger partial charge in [0.1, 0.15) is 6.04 Å². The van der Waals surface area contributed by atoms with Crippen molar-refractivity contribution in [3.05, 3.63) is 75.7 Å². The number of benzene rings is 2.